The topological polar surface area (TPSA) is 107 Å². The monoisotopic (exact) mass is 299 g/mol. The Morgan fingerprint density at radius 3 is 2.67 bits per heavy atom. The number of nitro groups is 1. The van der Waals surface area contributed by atoms with Crippen molar-refractivity contribution in [2.45, 2.75) is 32.4 Å². The lowest BCUT2D eigenvalue weighted by Gasteiger charge is -2.29. The van der Waals surface area contributed by atoms with E-state index in [2.05, 4.69) is 5.32 Å². The zero-order valence-corrected chi connectivity index (χ0v) is 12.1. The lowest BCUT2D eigenvalue weighted by atomic mass is 10.0. The van der Waals surface area contributed by atoms with Gasteiger partial charge < -0.3 is 10.5 Å². The van der Waals surface area contributed by atoms with E-state index < -0.39 is 22.2 Å². The van der Waals surface area contributed by atoms with Crippen LogP contribution in [0.1, 0.15) is 20.8 Å². The van der Waals surface area contributed by atoms with E-state index >= 15 is 0 Å². The second-order valence-corrected chi connectivity index (χ2v) is 5.15. The molecule has 0 spiro atoms. The number of carbonyl (C=O) groups is 1. The summed E-state index contributed by atoms with van der Waals surface area (Å²) in [6, 6.07) is 2.80. The second-order valence-electron chi connectivity index (χ2n) is 5.15. The summed E-state index contributed by atoms with van der Waals surface area (Å²) in [5.74, 6) is -1.60. The fourth-order valence-corrected chi connectivity index (χ4v) is 1.80. The van der Waals surface area contributed by atoms with Crippen LogP contribution < -0.4 is 15.8 Å². The Kier molecular flexibility index (Phi) is 5.20. The molecule has 0 aliphatic rings. The number of primary amides is 1. The van der Waals surface area contributed by atoms with Gasteiger partial charge in [-0.3, -0.25) is 20.2 Å². The van der Waals surface area contributed by atoms with E-state index in [1.807, 2.05) is 13.8 Å². The molecule has 0 aliphatic heterocycles. The van der Waals surface area contributed by atoms with Gasteiger partial charge in [0.1, 0.15) is 18.0 Å². The molecule has 1 unspecified atom stereocenters. The molecular formula is C13H18FN3O4. The summed E-state index contributed by atoms with van der Waals surface area (Å²) in [6.45, 7) is 4.88. The summed E-state index contributed by atoms with van der Waals surface area (Å²) in [6.07, 6.45) is 0. The molecule has 0 aliphatic carbocycles. The molecule has 1 atom stereocenters. The molecule has 21 heavy (non-hydrogen) atoms. The largest absolute Gasteiger partial charge is 0.484 e. The van der Waals surface area contributed by atoms with Crippen molar-refractivity contribution in [1.29, 1.82) is 0 Å². The molecule has 116 valence electrons. The highest BCUT2D eigenvalue weighted by atomic mass is 19.1. The van der Waals surface area contributed by atoms with Crippen molar-refractivity contribution in [1.82, 2.24) is 5.32 Å². The van der Waals surface area contributed by atoms with Gasteiger partial charge in [0, 0.05) is 18.2 Å². The van der Waals surface area contributed by atoms with Crippen LogP contribution in [0.2, 0.25) is 0 Å². The van der Waals surface area contributed by atoms with Crippen molar-refractivity contribution < 1.29 is 18.8 Å². The van der Waals surface area contributed by atoms with Crippen molar-refractivity contribution in [2.24, 2.45) is 5.73 Å². The number of amides is 1. The fourth-order valence-electron chi connectivity index (χ4n) is 1.80. The average molecular weight is 299 g/mol. The van der Waals surface area contributed by atoms with Crippen LogP contribution >= 0.6 is 0 Å². The van der Waals surface area contributed by atoms with E-state index in [4.69, 9.17) is 10.5 Å². The molecule has 0 heterocycles. The third kappa shape index (κ3) is 4.38. The molecule has 1 aromatic rings. The number of nitrogens with one attached hydrogen (secondary N) is 1. The minimum atomic E-state index is -1.23. The number of hydrogen-bond acceptors (Lipinski definition) is 5. The molecule has 0 bridgehead atoms. The van der Waals surface area contributed by atoms with Crippen LogP contribution in [0, 0.1) is 15.9 Å². The molecule has 8 heteroatoms. The van der Waals surface area contributed by atoms with Crippen LogP contribution in [0.5, 0.6) is 5.75 Å². The third-order valence-electron chi connectivity index (χ3n) is 2.79. The SMILES string of the molecule is CC(C)NC(C)(COc1cc(F)ccc1[N+](=O)[O-])C(N)=O. The molecule has 3 N–H and O–H groups in total. The van der Waals surface area contributed by atoms with Gasteiger partial charge >= 0.3 is 5.69 Å². The molecule has 1 amide bonds. The van der Waals surface area contributed by atoms with Gasteiger partial charge in [-0.05, 0) is 26.8 Å². The van der Waals surface area contributed by atoms with Crippen molar-refractivity contribution in [3.63, 3.8) is 0 Å². The molecule has 0 saturated carbocycles. The van der Waals surface area contributed by atoms with Crippen LogP contribution in [0.15, 0.2) is 18.2 Å². The van der Waals surface area contributed by atoms with Gasteiger partial charge in [-0.2, -0.15) is 0 Å². The Morgan fingerprint density at radius 1 is 1.57 bits per heavy atom. The summed E-state index contributed by atoms with van der Waals surface area (Å²) in [7, 11) is 0. The molecular weight excluding hydrogens is 281 g/mol. The fraction of sp³-hybridized carbons (Fsp3) is 0.462. The van der Waals surface area contributed by atoms with E-state index in [1.165, 1.54) is 6.92 Å². The molecule has 7 nitrogen and oxygen atoms in total. The Bertz CT molecular complexity index is 550. The second kappa shape index (κ2) is 6.49. The Balaban J connectivity index is 2.98. The maximum atomic E-state index is 13.2. The Labute approximate surface area is 121 Å². The smallest absolute Gasteiger partial charge is 0.311 e. The summed E-state index contributed by atoms with van der Waals surface area (Å²) < 4.78 is 18.5. The highest BCUT2D eigenvalue weighted by molar-refractivity contribution is 5.84. The standard InChI is InChI=1S/C13H18FN3O4/c1-8(2)16-13(3,12(15)18)7-21-11-6-9(14)4-5-10(11)17(19)20/h4-6,8,16H,7H2,1-3H3,(H2,15,18). The van der Waals surface area contributed by atoms with Gasteiger partial charge in [-0.25, -0.2) is 4.39 Å². The van der Waals surface area contributed by atoms with Crippen LogP contribution in [-0.4, -0.2) is 29.0 Å². The minimum Gasteiger partial charge on any atom is -0.484 e. The van der Waals surface area contributed by atoms with Crippen LogP contribution in [-0.2, 0) is 4.79 Å². The summed E-state index contributed by atoms with van der Waals surface area (Å²) in [5.41, 5.74) is 3.71. The van der Waals surface area contributed by atoms with Crippen LogP contribution in [0.25, 0.3) is 0 Å². The van der Waals surface area contributed by atoms with Crippen molar-refractivity contribution in [3.05, 3.63) is 34.1 Å². The maximum Gasteiger partial charge on any atom is 0.311 e. The van der Waals surface area contributed by atoms with E-state index in [9.17, 15) is 19.3 Å². The Morgan fingerprint density at radius 2 is 2.19 bits per heavy atom. The molecule has 0 fully saturated rings. The van der Waals surface area contributed by atoms with Gasteiger partial charge in [0.15, 0.2) is 5.75 Å². The van der Waals surface area contributed by atoms with E-state index in [1.54, 1.807) is 0 Å². The first kappa shape index (κ1) is 16.8. The van der Waals surface area contributed by atoms with Crippen LogP contribution in [0.4, 0.5) is 10.1 Å². The number of halogens is 1. The van der Waals surface area contributed by atoms with Gasteiger partial charge in [-0.15, -0.1) is 0 Å². The first-order valence-corrected chi connectivity index (χ1v) is 6.30. The molecule has 0 saturated heterocycles. The van der Waals surface area contributed by atoms with E-state index in [0.717, 1.165) is 18.2 Å². The number of hydrogen-bond donors (Lipinski definition) is 2. The van der Waals surface area contributed by atoms with Gasteiger partial charge in [-0.1, -0.05) is 0 Å². The van der Waals surface area contributed by atoms with Crippen LogP contribution in [0.3, 0.4) is 0 Å². The number of benzene rings is 1. The number of carbonyl (C=O) groups excluding carboxylic acids is 1. The predicted molar refractivity (Wildman–Crippen MR) is 74.4 cm³/mol. The number of nitrogens with two attached hydrogens (primary N) is 1. The lowest BCUT2D eigenvalue weighted by Crippen LogP contribution is -2.59. The number of rotatable bonds is 7. The maximum absolute atomic E-state index is 13.2. The first-order valence-electron chi connectivity index (χ1n) is 6.30. The minimum absolute atomic E-state index is 0.0615. The third-order valence-corrected chi connectivity index (χ3v) is 2.79. The highest BCUT2D eigenvalue weighted by Crippen LogP contribution is 2.28. The van der Waals surface area contributed by atoms with E-state index in [0.29, 0.717) is 0 Å². The van der Waals surface area contributed by atoms with Crippen molar-refractivity contribution in [3.8, 4) is 5.75 Å². The van der Waals surface area contributed by atoms with E-state index in [-0.39, 0.29) is 24.1 Å². The van der Waals surface area contributed by atoms with Crippen molar-refractivity contribution in [2.75, 3.05) is 6.61 Å². The zero-order valence-electron chi connectivity index (χ0n) is 12.1. The summed E-state index contributed by atoms with van der Waals surface area (Å²) >= 11 is 0. The zero-order chi connectivity index (χ0) is 16.2. The number of ether oxygens (including phenoxy) is 1. The average Bonchev–Trinajstić information content (AvgIpc) is 2.35. The molecule has 1 aromatic carbocycles. The first-order chi connectivity index (χ1) is 9.65. The lowest BCUT2D eigenvalue weighted by molar-refractivity contribution is -0.386. The number of nitro benzene ring substituents is 1. The summed E-state index contributed by atoms with van der Waals surface area (Å²) in [4.78, 5) is 21.7. The number of nitrogens with zero attached hydrogens (tertiary/aromatic N) is 1. The van der Waals surface area contributed by atoms with Gasteiger partial charge in [0.05, 0.1) is 4.92 Å². The summed E-state index contributed by atoms with van der Waals surface area (Å²) in [5, 5.41) is 13.8. The molecule has 0 radical (unpaired) electrons. The normalized spacial score (nSPS) is 13.8. The molecule has 0 aromatic heterocycles. The van der Waals surface area contributed by atoms with Gasteiger partial charge in [0.2, 0.25) is 5.91 Å². The van der Waals surface area contributed by atoms with Crippen molar-refractivity contribution >= 4 is 11.6 Å². The highest BCUT2D eigenvalue weighted by Gasteiger charge is 2.33. The van der Waals surface area contributed by atoms with Gasteiger partial charge in [0.25, 0.3) is 0 Å². The quantitative estimate of drug-likeness (QED) is 0.583. The molecule has 1 rings (SSSR count). The Hall–Kier alpha value is -2.22. The predicted octanol–water partition coefficient (Wildman–Crippen LogP) is 1.35.